The predicted molar refractivity (Wildman–Crippen MR) is 86.6 cm³/mol. The van der Waals surface area contributed by atoms with Crippen molar-refractivity contribution >= 4 is 15.7 Å². The van der Waals surface area contributed by atoms with E-state index >= 15 is 0 Å². The zero-order valence-corrected chi connectivity index (χ0v) is 14.0. The van der Waals surface area contributed by atoms with Crippen LogP contribution in [0, 0.1) is 13.8 Å². The van der Waals surface area contributed by atoms with Gasteiger partial charge in [-0.1, -0.05) is 35.7 Å². The summed E-state index contributed by atoms with van der Waals surface area (Å²) in [6.45, 7) is 4.09. The second kappa shape index (κ2) is 5.37. The highest BCUT2D eigenvalue weighted by atomic mass is 32.2. The van der Waals surface area contributed by atoms with Crippen LogP contribution >= 0.6 is 0 Å². The molecule has 1 N–H and O–H groups in total. The third-order valence-electron chi connectivity index (χ3n) is 4.98. The highest BCUT2D eigenvalue weighted by molar-refractivity contribution is 7.91. The maximum absolute atomic E-state index is 12.8. The first-order valence-corrected chi connectivity index (χ1v) is 9.73. The minimum atomic E-state index is -2.97. The first-order valence-electron chi connectivity index (χ1n) is 7.91. The van der Waals surface area contributed by atoms with E-state index in [1.165, 1.54) is 0 Å². The van der Waals surface area contributed by atoms with Crippen molar-refractivity contribution in [3.8, 4) is 0 Å². The third kappa shape index (κ3) is 2.78. The second-order valence-electron chi connectivity index (χ2n) is 6.89. The maximum atomic E-state index is 12.8. The van der Waals surface area contributed by atoms with Gasteiger partial charge >= 0.3 is 0 Å². The monoisotopic (exact) mass is 321 g/mol. The smallest absolute Gasteiger partial charge is 0.230 e. The van der Waals surface area contributed by atoms with E-state index in [0.29, 0.717) is 6.42 Å². The van der Waals surface area contributed by atoms with E-state index in [0.717, 1.165) is 36.0 Å². The molecule has 5 heteroatoms. The summed E-state index contributed by atoms with van der Waals surface area (Å²) in [6, 6.07) is 6.08. The van der Waals surface area contributed by atoms with Crippen LogP contribution in [-0.2, 0) is 20.0 Å². The van der Waals surface area contributed by atoms with Gasteiger partial charge in [-0.15, -0.1) is 0 Å². The van der Waals surface area contributed by atoms with Crippen molar-refractivity contribution in [2.24, 2.45) is 0 Å². The Morgan fingerprint density at radius 1 is 1.18 bits per heavy atom. The van der Waals surface area contributed by atoms with Crippen molar-refractivity contribution in [3.63, 3.8) is 0 Å². The number of rotatable bonds is 3. The molecule has 0 spiro atoms. The van der Waals surface area contributed by atoms with E-state index in [-0.39, 0.29) is 23.5 Å². The number of benzene rings is 1. The molecule has 1 atom stereocenters. The van der Waals surface area contributed by atoms with E-state index in [1.54, 1.807) is 0 Å². The molecule has 1 aliphatic carbocycles. The lowest BCUT2D eigenvalue weighted by Crippen LogP contribution is -2.52. The van der Waals surface area contributed by atoms with E-state index < -0.39 is 15.3 Å². The third-order valence-corrected chi connectivity index (χ3v) is 6.75. The normalized spacial score (nSPS) is 25.5. The molecule has 2 aliphatic rings. The van der Waals surface area contributed by atoms with Crippen molar-refractivity contribution in [1.82, 2.24) is 5.32 Å². The maximum Gasteiger partial charge on any atom is 0.230 e. The van der Waals surface area contributed by atoms with Gasteiger partial charge in [0.15, 0.2) is 9.84 Å². The molecular formula is C17H23NO3S. The second-order valence-corrected chi connectivity index (χ2v) is 9.11. The number of hydrogen-bond acceptors (Lipinski definition) is 3. The summed E-state index contributed by atoms with van der Waals surface area (Å²) in [5.41, 5.74) is 2.95. The fourth-order valence-corrected chi connectivity index (χ4v) is 5.33. The average molecular weight is 321 g/mol. The highest BCUT2D eigenvalue weighted by Gasteiger charge is 2.46. The molecule has 1 saturated carbocycles. The fraction of sp³-hybridized carbons (Fsp3) is 0.588. The first-order chi connectivity index (χ1) is 10.3. The topological polar surface area (TPSA) is 63.2 Å². The minimum absolute atomic E-state index is 0.00542. The SMILES string of the molecule is Cc1cc(C)cc(C2(C(=O)N[C@@H]3CCS(=O)(=O)C3)CCC2)c1. The molecular weight excluding hydrogens is 298 g/mol. The lowest BCUT2D eigenvalue weighted by atomic mass is 9.63. The molecule has 1 aliphatic heterocycles. The highest BCUT2D eigenvalue weighted by Crippen LogP contribution is 2.44. The molecule has 1 heterocycles. The van der Waals surface area contributed by atoms with Crippen LogP contribution in [0.15, 0.2) is 18.2 Å². The Morgan fingerprint density at radius 3 is 2.27 bits per heavy atom. The van der Waals surface area contributed by atoms with Gasteiger partial charge in [0.25, 0.3) is 0 Å². The van der Waals surface area contributed by atoms with Crippen LogP contribution in [0.25, 0.3) is 0 Å². The quantitative estimate of drug-likeness (QED) is 0.926. The Bertz CT molecular complexity index is 684. The van der Waals surface area contributed by atoms with Gasteiger partial charge in [-0.3, -0.25) is 4.79 Å². The number of carbonyl (C=O) groups excluding carboxylic acids is 1. The summed E-state index contributed by atoms with van der Waals surface area (Å²) in [6.07, 6.45) is 3.28. The van der Waals surface area contributed by atoms with E-state index in [1.807, 2.05) is 13.8 Å². The fourth-order valence-electron chi connectivity index (χ4n) is 3.66. The molecule has 0 bridgehead atoms. The van der Waals surface area contributed by atoms with Gasteiger partial charge in [-0.05, 0) is 38.7 Å². The number of hydrogen-bond donors (Lipinski definition) is 1. The number of amides is 1. The molecule has 3 rings (SSSR count). The Kier molecular flexibility index (Phi) is 3.79. The number of sulfone groups is 1. The van der Waals surface area contributed by atoms with E-state index in [2.05, 4.69) is 23.5 Å². The van der Waals surface area contributed by atoms with Crippen molar-refractivity contribution in [2.45, 2.75) is 51.0 Å². The summed E-state index contributed by atoms with van der Waals surface area (Å²) in [5.74, 6) is 0.279. The van der Waals surface area contributed by atoms with Crippen LogP contribution in [0.5, 0.6) is 0 Å². The summed E-state index contributed by atoms with van der Waals surface area (Å²) in [4.78, 5) is 12.8. The molecule has 2 fully saturated rings. The van der Waals surface area contributed by atoms with Crippen molar-refractivity contribution in [1.29, 1.82) is 0 Å². The minimum Gasteiger partial charge on any atom is -0.352 e. The molecule has 4 nitrogen and oxygen atoms in total. The van der Waals surface area contributed by atoms with E-state index in [4.69, 9.17) is 0 Å². The standard InChI is InChI=1S/C17H23NO3S/c1-12-8-13(2)10-14(9-12)17(5-3-6-17)16(19)18-15-4-7-22(20,21)11-15/h8-10,15H,3-7,11H2,1-2H3,(H,18,19)/t15-/m1/s1. The summed E-state index contributed by atoms with van der Waals surface area (Å²) < 4.78 is 23.1. The first kappa shape index (κ1) is 15.5. The van der Waals surface area contributed by atoms with Crippen LogP contribution in [0.4, 0.5) is 0 Å². The zero-order valence-electron chi connectivity index (χ0n) is 13.2. The molecule has 0 aromatic heterocycles. The summed E-state index contributed by atoms with van der Waals surface area (Å²) in [5, 5.41) is 3.00. The summed E-state index contributed by atoms with van der Waals surface area (Å²) >= 11 is 0. The van der Waals surface area contributed by atoms with Gasteiger partial charge < -0.3 is 5.32 Å². The van der Waals surface area contributed by atoms with Crippen LogP contribution in [0.3, 0.4) is 0 Å². The zero-order chi connectivity index (χ0) is 16.0. The lowest BCUT2D eigenvalue weighted by Gasteiger charge is -2.41. The molecule has 0 radical (unpaired) electrons. The summed E-state index contributed by atoms with van der Waals surface area (Å²) in [7, 11) is -2.97. The van der Waals surface area contributed by atoms with Gasteiger partial charge in [0, 0.05) is 6.04 Å². The molecule has 22 heavy (non-hydrogen) atoms. The lowest BCUT2D eigenvalue weighted by molar-refractivity contribution is -0.130. The van der Waals surface area contributed by atoms with Crippen molar-refractivity contribution in [3.05, 3.63) is 34.9 Å². The Balaban J connectivity index is 1.82. The molecule has 1 aromatic rings. The Labute approximate surface area is 132 Å². The van der Waals surface area contributed by atoms with Crippen molar-refractivity contribution < 1.29 is 13.2 Å². The molecule has 0 unspecified atom stereocenters. The van der Waals surface area contributed by atoms with Crippen LogP contribution < -0.4 is 5.32 Å². The molecule has 1 saturated heterocycles. The Hall–Kier alpha value is -1.36. The van der Waals surface area contributed by atoms with Gasteiger partial charge in [0.05, 0.1) is 16.9 Å². The van der Waals surface area contributed by atoms with Gasteiger partial charge in [0.1, 0.15) is 0 Å². The average Bonchev–Trinajstić information content (AvgIpc) is 2.65. The molecule has 1 amide bonds. The number of carbonyl (C=O) groups is 1. The number of nitrogens with one attached hydrogen (secondary N) is 1. The van der Waals surface area contributed by atoms with E-state index in [9.17, 15) is 13.2 Å². The predicted octanol–water partition coefficient (Wildman–Crippen LogP) is 2.03. The molecule has 120 valence electrons. The van der Waals surface area contributed by atoms with Gasteiger partial charge in [-0.25, -0.2) is 8.42 Å². The van der Waals surface area contributed by atoms with Gasteiger partial charge in [-0.2, -0.15) is 0 Å². The van der Waals surface area contributed by atoms with Gasteiger partial charge in [0.2, 0.25) is 5.91 Å². The molecule has 1 aromatic carbocycles. The Morgan fingerprint density at radius 2 is 1.82 bits per heavy atom. The van der Waals surface area contributed by atoms with Crippen LogP contribution in [0.1, 0.15) is 42.4 Å². The number of aryl methyl sites for hydroxylation is 2. The largest absolute Gasteiger partial charge is 0.352 e. The van der Waals surface area contributed by atoms with Crippen LogP contribution in [0.2, 0.25) is 0 Å². The van der Waals surface area contributed by atoms with Crippen molar-refractivity contribution in [2.75, 3.05) is 11.5 Å². The van der Waals surface area contributed by atoms with Crippen LogP contribution in [-0.4, -0.2) is 31.9 Å².